The summed E-state index contributed by atoms with van der Waals surface area (Å²) in [5.74, 6) is 0.658. The van der Waals surface area contributed by atoms with Crippen LogP contribution in [-0.4, -0.2) is 28.5 Å². The van der Waals surface area contributed by atoms with E-state index < -0.39 is 0 Å². The third kappa shape index (κ3) is 5.10. The van der Waals surface area contributed by atoms with E-state index in [-0.39, 0.29) is 18.1 Å². The van der Waals surface area contributed by atoms with Crippen LogP contribution >= 0.6 is 27.3 Å². The number of anilines is 1. The molecule has 0 aliphatic rings. The molecule has 0 saturated heterocycles. The van der Waals surface area contributed by atoms with Gasteiger partial charge in [0.25, 0.3) is 11.5 Å². The smallest absolute Gasteiger partial charge is 0.274 e. The summed E-state index contributed by atoms with van der Waals surface area (Å²) in [5, 5.41) is 2.87. The molecular weight excluding hydrogens is 554 g/mol. The van der Waals surface area contributed by atoms with Crippen molar-refractivity contribution in [2.45, 2.75) is 20.8 Å². The molecular formula is C28H24BrN3O4S. The lowest BCUT2D eigenvalue weighted by molar-refractivity contribution is -0.118. The summed E-state index contributed by atoms with van der Waals surface area (Å²) in [6, 6.07) is 16.8. The first-order valence-electron chi connectivity index (χ1n) is 11.7. The summed E-state index contributed by atoms with van der Waals surface area (Å²) >= 11 is 4.83. The number of para-hydroxylation sites is 2. The fraction of sp³-hybridized carbons (Fsp3) is 0.179. The van der Waals surface area contributed by atoms with Gasteiger partial charge in [0.1, 0.15) is 0 Å². The first-order valence-corrected chi connectivity index (χ1v) is 13.3. The first kappa shape index (κ1) is 25.0. The third-order valence-electron chi connectivity index (χ3n) is 5.93. The zero-order valence-electron chi connectivity index (χ0n) is 20.5. The van der Waals surface area contributed by atoms with Crippen molar-refractivity contribution in [1.29, 1.82) is 0 Å². The number of nitrogens with zero attached hydrogens (tertiary/aromatic N) is 2. The Hall–Kier alpha value is -3.69. The van der Waals surface area contributed by atoms with Crippen LogP contribution in [0.3, 0.4) is 0 Å². The summed E-state index contributed by atoms with van der Waals surface area (Å²) in [7, 11) is 0. The van der Waals surface area contributed by atoms with Crippen LogP contribution < -0.4 is 24.9 Å². The van der Waals surface area contributed by atoms with Crippen LogP contribution in [0, 0.1) is 13.8 Å². The number of thiazole rings is 1. The molecule has 0 bridgehead atoms. The van der Waals surface area contributed by atoms with Crippen LogP contribution in [0.4, 0.5) is 5.69 Å². The van der Waals surface area contributed by atoms with Crippen LogP contribution in [0.2, 0.25) is 0 Å². The average Bonchev–Trinajstić information content (AvgIpc) is 3.38. The van der Waals surface area contributed by atoms with Gasteiger partial charge in [0.05, 0.1) is 27.9 Å². The second-order valence-electron chi connectivity index (χ2n) is 8.53. The summed E-state index contributed by atoms with van der Waals surface area (Å²) in [6.45, 7) is 6.13. The number of nitrogens with one attached hydrogen (secondary N) is 1. The zero-order chi connectivity index (χ0) is 26.1. The maximum Gasteiger partial charge on any atom is 0.274 e. The predicted molar refractivity (Wildman–Crippen MR) is 151 cm³/mol. The lowest BCUT2D eigenvalue weighted by atomic mass is 10.1. The Balaban J connectivity index is 1.37. The van der Waals surface area contributed by atoms with Gasteiger partial charge in [-0.3, -0.25) is 9.59 Å². The highest BCUT2D eigenvalue weighted by Crippen LogP contribution is 2.30. The van der Waals surface area contributed by atoms with E-state index in [4.69, 9.17) is 9.47 Å². The van der Waals surface area contributed by atoms with Crippen molar-refractivity contribution in [3.63, 3.8) is 0 Å². The maximum absolute atomic E-state index is 13.1. The summed E-state index contributed by atoms with van der Waals surface area (Å²) in [5.41, 5.74) is 5.17. The fourth-order valence-electron chi connectivity index (χ4n) is 3.97. The van der Waals surface area contributed by atoms with E-state index in [9.17, 15) is 9.59 Å². The Morgan fingerprint density at radius 2 is 1.86 bits per heavy atom. The lowest BCUT2D eigenvalue weighted by Crippen LogP contribution is -2.22. The third-order valence-corrected chi connectivity index (χ3v) is 7.55. The molecule has 1 N–H and O–H groups in total. The number of carbonyl (C=O) groups is 1. The van der Waals surface area contributed by atoms with E-state index in [1.54, 1.807) is 16.5 Å². The Labute approximate surface area is 225 Å². The van der Waals surface area contributed by atoms with Gasteiger partial charge in [-0.1, -0.05) is 29.5 Å². The number of halogens is 1. The van der Waals surface area contributed by atoms with Gasteiger partial charge in [0, 0.05) is 4.47 Å². The largest absolute Gasteiger partial charge is 0.490 e. The minimum atomic E-state index is -0.285. The van der Waals surface area contributed by atoms with Gasteiger partial charge in [0.2, 0.25) is 0 Å². The van der Waals surface area contributed by atoms with E-state index in [0.717, 1.165) is 32.2 Å². The van der Waals surface area contributed by atoms with E-state index in [1.807, 2.05) is 69.3 Å². The second kappa shape index (κ2) is 10.4. The standard InChI is InChI=1S/C28H24BrN3O4S/c1-4-35-24-13-18(14-25-27(34)32-22-8-6-5-7-20(22)31-28(32)37-25)9-10-23(24)36-15-26(33)30-21-12-17(3)16(2)11-19(21)29/h5-14H,4,15H2,1-3H3,(H,30,33). The van der Waals surface area contributed by atoms with Crippen molar-refractivity contribution in [2.24, 2.45) is 0 Å². The van der Waals surface area contributed by atoms with E-state index in [1.165, 1.54) is 11.3 Å². The summed E-state index contributed by atoms with van der Waals surface area (Å²) in [4.78, 5) is 30.8. The van der Waals surface area contributed by atoms with Crippen LogP contribution in [0.1, 0.15) is 23.6 Å². The summed E-state index contributed by atoms with van der Waals surface area (Å²) < 4.78 is 14.6. The predicted octanol–water partition coefficient (Wildman–Crippen LogP) is 5.25. The van der Waals surface area contributed by atoms with Crippen LogP contribution in [0.15, 0.2) is 63.9 Å². The van der Waals surface area contributed by atoms with E-state index in [0.29, 0.717) is 33.3 Å². The quantitative estimate of drug-likeness (QED) is 0.285. The molecule has 3 aromatic carbocycles. The number of aryl methyl sites for hydroxylation is 2. The molecule has 0 saturated carbocycles. The summed E-state index contributed by atoms with van der Waals surface area (Å²) in [6.07, 6.45) is 1.81. The van der Waals surface area contributed by atoms with Gasteiger partial charge in [-0.25, -0.2) is 9.38 Å². The fourth-order valence-corrected chi connectivity index (χ4v) is 5.52. The molecule has 5 aromatic rings. The molecule has 2 heterocycles. The molecule has 0 aliphatic carbocycles. The van der Waals surface area contributed by atoms with Gasteiger partial charge in [-0.2, -0.15) is 0 Å². The molecule has 188 valence electrons. The Kier molecular flexibility index (Phi) is 6.99. The number of hydrogen-bond donors (Lipinski definition) is 1. The number of aromatic nitrogens is 2. The number of benzene rings is 3. The van der Waals surface area contributed by atoms with Gasteiger partial charge in [-0.05, 0) is 95.9 Å². The van der Waals surface area contributed by atoms with Gasteiger partial charge >= 0.3 is 0 Å². The molecule has 2 aromatic heterocycles. The van der Waals surface area contributed by atoms with Gasteiger partial charge < -0.3 is 14.8 Å². The zero-order valence-corrected chi connectivity index (χ0v) is 22.9. The Morgan fingerprint density at radius 3 is 2.68 bits per heavy atom. The number of carbonyl (C=O) groups excluding carboxylic acids is 1. The molecule has 9 heteroatoms. The lowest BCUT2D eigenvalue weighted by Gasteiger charge is -2.14. The van der Waals surface area contributed by atoms with Crippen molar-refractivity contribution in [3.8, 4) is 11.5 Å². The van der Waals surface area contributed by atoms with Gasteiger partial charge in [-0.15, -0.1) is 0 Å². The Bertz CT molecular complexity index is 1760. The highest BCUT2D eigenvalue weighted by Gasteiger charge is 2.13. The molecule has 0 unspecified atom stereocenters. The highest BCUT2D eigenvalue weighted by molar-refractivity contribution is 9.10. The van der Waals surface area contributed by atoms with E-state index >= 15 is 0 Å². The number of amides is 1. The number of imidazole rings is 1. The van der Waals surface area contributed by atoms with Crippen molar-refractivity contribution < 1.29 is 14.3 Å². The SMILES string of the molecule is CCOc1cc(C=c2sc3nc4ccccc4n3c2=O)ccc1OCC(=O)Nc1cc(C)c(C)cc1Br. The number of ether oxygens (including phenoxy) is 2. The molecule has 7 nitrogen and oxygen atoms in total. The minimum absolute atomic E-state index is 0.110. The Morgan fingerprint density at radius 1 is 1.08 bits per heavy atom. The number of fused-ring (bicyclic) bond motifs is 3. The van der Waals surface area contributed by atoms with Crippen molar-refractivity contribution in [1.82, 2.24) is 9.38 Å². The molecule has 0 fully saturated rings. The molecule has 5 rings (SSSR count). The maximum atomic E-state index is 13.1. The van der Waals surface area contributed by atoms with Crippen molar-refractivity contribution in [3.05, 3.63) is 90.6 Å². The van der Waals surface area contributed by atoms with E-state index in [2.05, 4.69) is 26.2 Å². The molecule has 37 heavy (non-hydrogen) atoms. The first-order chi connectivity index (χ1) is 17.8. The van der Waals surface area contributed by atoms with Crippen LogP contribution in [0.25, 0.3) is 22.1 Å². The molecule has 0 aliphatic heterocycles. The van der Waals surface area contributed by atoms with Crippen LogP contribution in [0.5, 0.6) is 11.5 Å². The topological polar surface area (TPSA) is 81.9 Å². The minimum Gasteiger partial charge on any atom is -0.490 e. The van der Waals surface area contributed by atoms with Crippen molar-refractivity contribution >= 4 is 60.9 Å². The highest BCUT2D eigenvalue weighted by atomic mass is 79.9. The molecule has 1 amide bonds. The number of hydrogen-bond acceptors (Lipinski definition) is 6. The van der Waals surface area contributed by atoms with Gasteiger partial charge in [0.15, 0.2) is 23.1 Å². The van der Waals surface area contributed by atoms with Crippen molar-refractivity contribution in [2.75, 3.05) is 18.5 Å². The average molecular weight is 578 g/mol. The second-order valence-corrected chi connectivity index (χ2v) is 10.4. The molecule has 0 atom stereocenters. The van der Waals surface area contributed by atoms with Crippen LogP contribution in [-0.2, 0) is 4.79 Å². The normalized spacial score (nSPS) is 11.8. The monoisotopic (exact) mass is 577 g/mol. The molecule has 0 radical (unpaired) electrons. The molecule has 0 spiro atoms. The number of rotatable bonds is 7.